The fourth-order valence-electron chi connectivity index (χ4n) is 4.37. The molecule has 0 saturated carbocycles. The molecule has 0 radical (unpaired) electrons. The number of amides is 1. The summed E-state index contributed by atoms with van der Waals surface area (Å²) in [6, 6.07) is 5.55. The number of esters is 1. The van der Waals surface area contributed by atoms with Crippen molar-refractivity contribution in [2.75, 3.05) is 45.2 Å². The molecule has 0 aliphatic carbocycles. The zero-order valence-electron chi connectivity index (χ0n) is 20.4. The fraction of sp³-hybridized carbons (Fsp3) is 0.480. The minimum atomic E-state index is -0.444. The Kier molecular flexibility index (Phi) is 7.71. The topological polar surface area (TPSA) is 94.7 Å². The molecule has 1 fully saturated rings. The second kappa shape index (κ2) is 10.3. The van der Waals surface area contributed by atoms with Gasteiger partial charge in [0.05, 0.1) is 31.0 Å². The Balaban J connectivity index is 1.56. The van der Waals surface area contributed by atoms with Gasteiger partial charge in [-0.15, -0.1) is 0 Å². The molecule has 0 spiro atoms. The number of methoxy groups -OCH3 is 1. The number of nitrogens with one attached hydrogen (secondary N) is 2. The average molecular weight is 455 g/mol. The Hall–Kier alpha value is -2.97. The molecule has 33 heavy (non-hydrogen) atoms. The van der Waals surface area contributed by atoms with E-state index in [1.54, 1.807) is 13.8 Å². The Labute approximate surface area is 195 Å². The summed E-state index contributed by atoms with van der Waals surface area (Å²) in [5, 5.41) is 3.01. The number of nitrogens with zero attached hydrogens (tertiary/aromatic N) is 2. The zero-order chi connectivity index (χ0) is 24.3. The second-order valence-electron chi connectivity index (χ2n) is 8.76. The standard InChI is InChI=1S/C25H34N4O4/c1-15-8-7-9-20(16(15)2)27-21(30)14-28-10-12-29(13-11-28)19(5)24(31)23-17(3)22(18(4)26-23)25(32)33-6/h7-9,19,26H,10-14H2,1-6H3,(H,27,30). The molecule has 1 aromatic heterocycles. The van der Waals surface area contributed by atoms with E-state index in [2.05, 4.69) is 20.1 Å². The van der Waals surface area contributed by atoms with Crippen LogP contribution in [0.3, 0.4) is 0 Å². The van der Waals surface area contributed by atoms with Gasteiger partial charge in [0.15, 0.2) is 5.78 Å². The van der Waals surface area contributed by atoms with E-state index in [0.717, 1.165) is 16.8 Å². The third-order valence-electron chi connectivity index (χ3n) is 6.65. The Morgan fingerprint density at radius 2 is 1.73 bits per heavy atom. The first-order chi connectivity index (χ1) is 15.6. The number of aryl methyl sites for hydroxylation is 2. The number of aromatic amines is 1. The van der Waals surface area contributed by atoms with Gasteiger partial charge in [-0.3, -0.25) is 19.4 Å². The van der Waals surface area contributed by atoms with E-state index in [1.807, 2.05) is 39.0 Å². The van der Waals surface area contributed by atoms with Gasteiger partial charge in [-0.25, -0.2) is 4.79 Å². The number of anilines is 1. The van der Waals surface area contributed by atoms with E-state index >= 15 is 0 Å². The SMILES string of the molecule is COC(=O)c1c(C)[nH]c(C(=O)C(C)N2CCN(CC(=O)Nc3cccc(C)c3C)CC2)c1C. The number of Topliss-reactive ketones (excluding diaryl/α,β-unsaturated/α-hetero) is 1. The van der Waals surface area contributed by atoms with Crippen molar-refractivity contribution in [2.24, 2.45) is 0 Å². The predicted octanol–water partition coefficient (Wildman–Crippen LogP) is 2.86. The normalized spacial score (nSPS) is 15.8. The molecule has 3 rings (SSSR count). The van der Waals surface area contributed by atoms with Crippen molar-refractivity contribution >= 4 is 23.3 Å². The Morgan fingerprint density at radius 3 is 2.36 bits per heavy atom. The fourth-order valence-corrected chi connectivity index (χ4v) is 4.37. The highest BCUT2D eigenvalue weighted by molar-refractivity contribution is 6.03. The van der Waals surface area contributed by atoms with Gasteiger partial charge in [-0.2, -0.15) is 0 Å². The third kappa shape index (κ3) is 5.34. The highest BCUT2D eigenvalue weighted by atomic mass is 16.5. The summed E-state index contributed by atoms with van der Waals surface area (Å²) in [6.07, 6.45) is 0. The number of aromatic nitrogens is 1. The van der Waals surface area contributed by atoms with Gasteiger partial charge >= 0.3 is 5.97 Å². The molecule has 2 N–H and O–H groups in total. The van der Waals surface area contributed by atoms with Crippen molar-refractivity contribution in [3.63, 3.8) is 0 Å². The molecule has 1 aromatic carbocycles. The van der Waals surface area contributed by atoms with Crippen molar-refractivity contribution in [2.45, 2.75) is 40.7 Å². The van der Waals surface area contributed by atoms with Crippen LogP contribution in [-0.4, -0.2) is 78.3 Å². The minimum absolute atomic E-state index is 0.0332. The maximum atomic E-state index is 13.2. The first-order valence-corrected chi connectivity index (χ1v) is 11.3. The molecular weight excluding hydrogens is 420 g/mol. The van der Waals surface area contributed by atoms with Crippen molar-refractivity contribution in [1.82, 2.24) is 14.8 Å². The van der Waals surface area contributed by atoms with Crippen LogP contribution in [-0.2, 0) is 9.53 Å². The molecule has 178 valence electrons. The van der Waals surface area contributed by atoms with E-state index in [0.29, 0.717) is 55.2 Å². The molecule has 8 nitrogen and oxygen atoms in total. The summed E-state index contributed by atoms with van der Waals surface area (Å²) in [4.78, 5) is 45.0. The molecule has 1 aliphatic heterocycles. The highest BCUT2D eigenvalue weighted by Crippen LogP contribution is 2.22. The predicted molar refractivity (Wildman–Crippen MR) is 128 cm³/mol. The van der Waals surface area contributed by atoms with Gasteiger partial charge in [0, 0.05) is 37.6 Å². The van der Waals surface area contributed by atoms with Gasteiger partial charge in [0.1, 0.15) is 0 Å². The van der Waals surface area contributed by atoms with E-state index < -0.39 is 5.97 Å². The summed E-state index contributed by atoms with van der Waals surface area (Å²) in [6.45, 7) is 12.5. The molecule has 1 unspecified atom stereocenters. The molecule has 1 saturated heterocycles. The van der Waals surface area contributed by atoms with Gasteiger partial charge in [-0.05, 0) is 57.4 Å². The maximum Gasteiger partial charge on any atom is 0.339 e. The van der Waals surface area contributed by atoms with E-state index in [9.17, 15) is 14.4 Å². The van der Waals surface area contributed by atoms with Crippen LogP contribution >= 0.6 is 0 Å². The van der Waals surface area contributed by atoms with Crippen molar-refractivity contribution in [1.29, 1.82) is 0 Å². The number of piperazine rings is 1. The summed E-state index contributed by atoms with van der Waals surface area (Å²) in [7, 11) is 1.33. The molecule has 1 amide bonds. The second-order valence-corrected chi connectivity index (χ2v) is 8.76. The van der Waals surface area contributed by atoms with Gasteiger partial charge < -0.3 is 15.0 Å². The van der Waals surface area contributed by atoms with Crippen molar-refractivity contribution in [3.05, 3.63) is 51.8 Å². The van der Waals surface area contributed by atoms with Crippen molar-refractivity contribution < 1.29 is 19.1 Å². The quantitative estimate of drug-likeness (QED) is 0.494. The number of hydrogen-bond acceptors (Lipinski definition) is 6. The lowest BCUT2D eigenvalue weighted by atomic mass is 10.0. The number of carbonyl (C=O) groups excluding carboxylic acids is 3. The van der Waals surface area contributed by atoms with Gasteiger partial charge in [0.25, 0.3) is 0 Å². The molecule has 1 aliphatic rings. The van der Waals surface area contributed by atoms with Crippen LogP contribution in [0.4, 0.5) is 5.69 Å². The summed E-state index contributed by atoms with van der Waals surface area (Å²) in [5.74, 6) is -0.526. The molecular formula is C25H34N4O4. The van der Waals surface area contributed by atoms with Crippen LogP contribution in [0.25, 0.3) is 0 Å². The van der Waals surface area contributed by atoms with Gasteiger partial charge in [0.2, 0.25) is 5.91 Å². The van der Waals surface area contributed by atoms with Gasteiger partial charge in [-0.1, -0.05) is 12.1 Å². The zero-order valence-corrected chi connectivity index (χ0v) is 20.4. The number of carbonyl (C=O) groups is 3. The summed E-state index contributed by atoms with van der Waals surface area (Å²) >= 11 is 0. The van der Waals surface area contributed by atoms with E-state index in [4.69, 9.17) is 4.74 Å². The lowest BCUT2D eigenvalue weighted by molar-refractivity contribution is -0.117. The van der Waals surface area contributed by atoms with Crippen LogP contribution in [0.15, 0.2) is 18.2 Å². The summed E-state index contributed by atoms with van der Waals surface area (Å²) in [5.41, 5.74) is 5.20. The Morgan fingerprint density at radius 1 is 1.06 bits per heavy atom. The number of hydrogen-bond donors (Lipinski definition) is 2. The molecule has 8 heteroatoms. The number of ketones is 1. The number of rotatable bonds is 7. The lowest BCUT2D eigenvalue weighted by Crippen LogP contribution is -2.53. The van der Waals surface area contributed by atoms with Crippen LogP contribution in [0.1, 0.15) is 50.2 Å². The highest BCUT2D eigenvalue weighted by Gasteiger charge is 2.30. The molecule has 2 aromatic rings. The monoisotopic (exact) mass is 454 g/mol. The number of benzene rings is 1. The van der Waals surface area contributed by atoms with Crippen LogP contribution in [0.5, 0.6) is 0 Å². The van der Waals surface area contributed by atoms with Crippen LogP contribution in [0, 0.1) is 27.7 Å². The average Bonchev–Trinajstić information content (AvgIpc) is 3.09. The maximum absolute atomic E-state index is 13.2. The number of ether oxygens (including phenoxy) is 1. The Bertz CT molecular complexity index is 1050. The van der Waals surface area contributed by atoms with E-state index in [1.165, 1.54) is 7.11 Å². The van der Waals surface area contributed by atoms with Crippen LogP contribution in [0.2, 0.25) is 0 Å². The van der Waals surface area contributed by atoms with Crippen molar-refractivity contribution in [3.8, 4) is 0 Å². The van der Waals surface area contributed by atoms with E-state index in [-0.39, 0.29) is 17.7 Å². The molecule has 0 bridgehead atoms. The number of H-pyrrole nitrogens is 1. The third-order valence-corrected chi connectivity index (χ3v) is 6.65. The molecule has 2 heterocycles. The smallest absolute Gasteiger partial charge is 0.339 e. The minimum Gasteiger partial charge on any atom is -0.465 e. The largest absolute Gasteiger partial charge is 0.465 e. The van der Waals surface area contributed by atoms with Crippen LogP contribution < -0.4 is 5.32 Å². The first-order valence-electron chi connectivity index (χ1n) is 11.3. The molecule has 1 atom stereocenters. The lowest BCUT2D eigenvalue weighted by Gasteiger charge is -2.37. The summed E-state index contributed by atoms with van der Waals surface area (Å²) < 4.78 is 4.84. The first kappa shape index (κ1) is 24.7.